The Morgan fingerprint density at radius 2 is 1.85 bits per heavy atom. The van der Waals surface area contributed by atoms with Crippen LogP contribution in [0.4, 0.5) is 0 Å². The summed E-state index contributed by atoms with van der Waals surface area (Å²) in [7, 11) is 0. The summed E-state index contributed by atoms with van der Waals surface area (Å²) in [6.07, 6.45) is -0.991. The third-order valence-corrected chi connectivity index (χ3v) is 1.91. The highest BCUT2D eigenvalue weighted by molar-refractivity contribution is 8.10. The summed E-state index contributed by atoms with van der Waals surface area (Å²) in [4.78, 5) is 11.1. The monoisotopic (exact) mass is 226 g/mol. The number of hydrogen-bond donors (Lipinski definition) is 2. The van der Waals surface area contributed by atoms with Gasteiger partial charge in [-0.25, -0.2) is 4.79 Å². The summed E-state index contributed by atoms with van der Waals surface area (Å²) >= 11 is 4.63. The fourth-order valence-electron chi connectivity index (χ4n) is 0.618. The molecule has 0 aliphatic heterocycles. The zero-order valence-corrected chi connectivity index (χ0v) is 9.60. The molecule has 0 fully saturated rings. The zero-order chi connectivity index (χ0) is 10.6. The molecule has 0 saturated carbocycles. The van der Waals surface area contributed by atoms with Gasteiger partial charge in [-0.2, -0.15) is 0 Å². The van der Waals surface area contributed by atoms with Gasteiger partial charge in [-0.05, 0) is 32.6 Å². The molecular weight excluding hydrogens is 211 g/mol. The fraction of sp³-hybridized carbons (Fsp3) is 0.833. The van der Waals surface area contributed by atoms with E-state index in [1.54, 1.807) is 13.8 Å². The van der Waals surface area contributed by atoms with Crippen molar-refractivity contribution in [1.29, 1.82) is 0 Å². The van der Waals surface area contributed by atoms with Crippen LogP contribution in [-0.4, -0.2) is 18.2 Å². The van der Waals surface area contributed by atoms with Crippen molar-refractivity contribution in [2.45, 2.75) is 33.0 Å². The van der Waals surface area contributed by atoms with Crippen LogP contribution in [0.2, 0.25) is 0 Å². The zero-order valence-electron chi connectivity index (χ0n) is 7.89. The average Bonchev–Trinajstić information content (AvgIpc) is 1.81. The number of nitrogens with two attached hydrogens (primary N) is 2. The van der Waals surface area contributed by atoms with Crippen LogP contribution in [0.15, 0.2) is 0 Å². The molecule has 0 unspecified atom stereocenters. The lowest BCUT2D eigenvalue weighted by Crippen LogP contribution is -2.27. The van der Waals surface area contributed by atoms with Gasteiger partial charge >= 0.3 is 5.97 Å². The van der Waals surface area contributed by atoms with Crippen LogP contribution in [0.5, 0.6) is 0 Å². The minimum Gasteiger partial charge on any atom is -0.461 e. The molecule has 0 rings (SSSR count). The van der Waals surface area contributed by atoms with Gasteiger partial charge in [0.15, 0.2) is 12.7 Å². The van der Waals surface area contributed by atoms with Crippen molar-refractivity contribution >= 4 is 24.3 Å². The minimum absolute atomic E-state index is 0.188. The maximum Gasteiger partial charge on any atom is 0.335 e. The first-order valence-electron chi connectivity index (χ1n) is 3.78. The van der Waals surface area contributed by atoms with Gasteiger partial charge in [0.05, 0.1) is 6.10 Å². The molecule has 0 amide bonds. The lowest BCUT2D eigenvalue weighted by molar-refractivity contribution is -0.154. The van der Waals surface area contributed by atoms with Crippen LogP contribution < -0.4 is 11.0 Å². The van der Waals surface area contributed by atoms with E-state index in [1.807, 2.05) is 0 Å². The van der Waals surface area contributed by atoms with Crippen molar-refractivity contribution in [2.24, 2.45) is 11.0 Å². The summed E-state index contributed by atoms with van der Waals surface area (Å²) in [5.74, 6) is -0.500. The number of hydrogen-bond acceptors (Lipinski definition) is 4. The normalized spacial score (nSPS) is 14.3. The van der Waals surface area contributed by atoms with Crippen LogP contribution in [0.25, 0.3) is 0 Å². The molecule has 4 N–H and O–H groups in total. The van der Waals surface area contributed by atoms with E-state index >= 15 is 0 Å². The highest BCUT2D eigenvalue weighted by Gasteiger charge is 2.20. The summed E-state index contributed by atoms with van der Waals surface area (Å²) in [6.45, 7) is 2.20. The third-order valence-electron chi connectivity index (χ3n) is 1.01. The number of esters is 1. The second kappa shape index (κ2) is 5.02. The molecule has 0 aromatic rings. The predicted molar refractivity (Wildman–Crippen MR) is 54.4 cm³/mol. The van der Waals surface area contributed by atoms with Crippen LogP contribution in [0.1, 0.15) is 20.8 Å². The molecule has 0 spiro atoms. The Hall–Kier alpha value is -0.0000000000000000833. The topological polar surface area (TPSA) is 87.6 Å². The molecule has 0 aromatic heterocycles. The van der Waals surface area contributed by atoms with E-state index in [4.69, 9.17) is 20.3 Å². The molecule has 78 valence electrons. The second-order valence-electron chi connectivity index (χ2n) is 2.88. The summed E-state index contributed by atoms with van der Waals surface area (Å²) in [6, 6.07) is 0. The van der Waals surface area contributed by atoms with Gasteiger partial charge in [-0.1, -0.05) is 0 Å². The van der Waals surface area contributed by atoms with E-state index in [0.29, 0.717) is 0 Å². The molecule has 0 aliphatic rings. The molecular formula is C6H15N2O3PS. The van der Waals surface area contributed by atoms with Crippen molar-refractivity contribution in [3.8, 4) is 0 Å². The standard InChI is InChI=1S/C6H15N2O3PS/c1-4(2)10-6(9)5(3)11-12(7,8)13/h4-5H,1-3H3,(H4,7,8,13)/t5-/m0/s1. The number of carbonyl (C=O) groups excluding carboxylic acids is 1. The molecule has 0 aliphatic carbocycles. The first kappa shape index (κ1) is 13.0. The van der Waals surface area contributed by atoms with Gasteiger partial charge in [0.25, 0.3) is 0 Å². The molecule has 0 bridgehead atoms. The lowest BCUT2D eigenvalue weighted by atomic mass is 10.4. The molecule has 0 radical (unpaired) electrons. The Labute approximate surface area is 83.0 Å². The Morgan fingerprint density at radius 1 is 1.38 bits per heavy atom. The first-order valence-corrected chi connectivity index (χ1v) is 6.64. The maximum atomic E-state index is 11.1. The molecule has 0 aromatic carbocycles. The van der Waals surface area contributed by atoms with Crippen molar-refractivity contribution in [2.75, 3.05) is 0 Å². The van der Waals surface area contributed by atoms with E-state index < -0.39 is 18.6 Å². The Kier molecular flexibility index (Phi) is 5.02. The van der Waals surface area contributed by atoms with E-state index in [-0.39, 0.29) is 6.10 Å². The van der Waals surface area contributed by atoms with Crippen LogP contribution in [0.3, 0.4) is 0 Å². The Bertz CT molecular complexity index is 228. The van der Waals surface area contributed by atoms with E-state index in [0.717, 1.165) is 0 Å². The molecule has 5 nitrogen and oxygen atoms in total. The predicted octanol–water partition coefficient (Wildman–Crippen LogP) is 0.485. The molecule has 0 heterocycles. The number of ether oxygens (including phenoxy) is 1. The van der Waals surface area contributed by atoms with E-state index in [1.165, 1.54) is 6.92 Å². The van der Waals surface area contributed by atoms with Crippen molar-refractivity contribution in [3.63, 3.8) is 0 Å². The van der Waals surface area contributed by atoms with Gasteiger partial charge in [-0.15, -0.1) is 0 Å². The Morgan fingerprint density at radius 3 is 2.15 bits per heavy atom. The fourth-order valence-corrected chi connectivity index (χ4v) is 1.59. The minimum atomic E-state index is -2.79. The van der Waals surface area contributed by atoms with Crippen molar-refractivity contribution in [1.82, 2.24) is 0 Å². The van der Waals surface area contributed by atoms with E-state index in [9.17, 15) is 4.79 Å². The third kappa shape index (κ3) is 7.10. The summed E-state index contributed by atoms with van der Waals surface area (Å²) in [5.41, 5.74) is 10.6. The van der Waals surface area contributed by atoms with Gasteiger partial charge in [-0.3, -0.25) is 11.0 Å². The number of rotatable bonds is 4. The van der Waals surface area contributed by atoms with E-state index in [2.05, 4.69) is 11.8 Å². The lowest BCUT2D eigenvalue weighted by Gasteiger charge is -2.18. The quantitative estimate of drug-likeness (QED) is 0.535. The van der Waals surface area contributed by atoms with Gasteiger partial charge < -0.3 is 9.26 Å². The summed E-state index contributed by atoms with van der Waals surface area (Å²) in [5, 5.41) is 0. The highest BCUT2D eigenvalue weighted by Crippen LogP contribution is 2.29. The summed E-state index contributed by atoms with van der Waals surface area (Å²) < 4.78 is 9.76. The van der Waals surface area contributed by atoms with Crippen molar-refractivity contribution in [3.05, 3.63) is 0 Å². The molecule has 0 saturated heterocycles. The second-order valence-corrected chi connectivity index (χ2v) is 6.09. The average molecular weight is 226 g/mol. The first-order chi connectivity index (χ1) is 5.72. The Balaban J connectivity index is 4.05. The maximum absolute atomic E-state index is 11.1. The van der Waals surface area contributed by atoms with Crippen LogP contribution in [-0.2, 0) is 25.9 Å². The van der Waals surface area contributed by atoms with Gasteiger partial charge in [0.2, 0.25) is 0 Å². The highest BCUT2D eigenvalue weighted by atomic mass is 32.4. The van der Waals surface area contributed by atoms with Gasteiger partial charge in [0.1, 0.15) is 0 Å². The van der Waals surface area contributed by atoms with Gasteiger partial charge in [0, 0.05) is 0 Å². The molecule has 13 heavy (non-hydrogen) atoms. The SMILES string of the molecule is CC(C)OC(=O)[C@H](C)OP(N)(N)=S. The van der Waals surface area contributed by atoms with Crippen LogP contribution >= 0.6 is 6.57 Å². The van der Waals surface area contributed by atoms with Crippen molar-refractivity contribution < 1.29 is 14.1 Å². The smallest absolute Gasteiger partial charge is 0.335 e. The molecule has 1 atom stereocenters. The number of carbonyl (C=O) groups is 1. The molecule has 7 heteroatoms. The van der Waals surface area contributed by atoms with Crippen LogP contribution in [0, 0.1) is 0 Å². The largest absolute Gasteiger partial charge is 0.461 e.